The Morgan fingerprint density at radius 1 is 1.13 bits per heavy atom. The predicted molar refractivity (Wildman–Crippen MR) is 133 cm³/mol. The summed E-state index contributed by atoms with van der Waals surface area (Å²) in [6.07, 6.45) is 1.37. The molecule has 2 N–H and O–H groups in total. The van der Waals surface area contributed by atoms with E-state index < -0.39 is 6.17 Å². The topological polar surface area (TPSA) is 48.9 Å². The molecule has 5 nitrogen and oxygen atoms in total. The lowest BCUT2D eigenvalue weighted by Gasteiger charge is -2.28. The van der Waals surface area contributed by atoms with Crippen LogP contribution in [0.25, 0.3) is 0 Å². The van der Waals surface area contributed by atoms with Crippen molar-refractivity contribution in [3.05, 3.63) is 75.9 Å². The zero-order valence-electron chi connectivity index (χ0n) is 17.2. The molecule has 4 rings (SSSR count). The Morgan fingerprint density at radius 3 is 2.61 bits per heavy atom. The summed E-state index contributed by atoms with van der Waals surface area (Å²) in [5, 5.41) is 8.49. The van der Waals surface area contributed by atoms with Crippen LogP contribution in [0.4, 0.5) is 5.69 Å². The average Bonchev–Trinajstić information content (AvgIpc) is 2.85. The SMILES string of the molecule is C=C1C(NC(=S)NC2CCOCC2)N=C(c2ccccc2Cl)c2cc(Cl)ccc2N1C. The minimum Gasteiger partial charge on any atom is -0.381 e. The maximum atomic E-state index is 6.55. The second-order valence-corrected chi connectivity index (χ2v) is 8.83. The number of hydrogen-bond acceptors (Lipinski definition) is 4. The zero-order valence-corrected chi connectivity index (χ0v) is 19.5. The summed E-state index contributed by atoms with van der Waals surface area (Å²) in [4.78, 5) is 7.03. The molecule has 1 fully saturated rings. The minimum absolute atomic E-state index is 0.286. The van der Waals surface area contributed by atoms with Gasteiger partial charge in [0.25, 0.3) is 0 Å². The van der Waals surface area contributed by atoms with Gasteiger partial charge in [-0.05, 0) is 49.3 Å². The number of nitrogens with zero attached hydrogens (tertiary/aromatic N) is 2. The van der Waals surface area contributed by atoms with Gasteiger partial charge in [-0.3, -0.25) is 4.99 Å². The number of ether oxygens (including phenoxy) is 1. The molecule has 1 unspecified atom stereocenters. The normalized spacial score (nSPS) is 19.3. The van der Waals surface area contributed by atoms with Crippen LogP contribution in [0, 0.1) is 0 Å². The van der Waals surface area contributed by atoms with Gasteiger partial charge in [-0.15, -0.1) is 0 Å². The first-order valence-corrected chi connectivity index (χ1v) is 11.3. The van der Waals surface area contributed by atoms with E-state index in [1.165, 1.54) is 0 Å². The first-order valence-electron chi connectivity index (χ1n) is 10.1. The number of benzene rings is 2. The summed E-state index contributed by atoms with van der Waals surface area (Å²) in [6, 6.07) is 13.7. The molecule has 0 aromatic heterocycles. The number of nitrogens with one attached hydrogen (secondary N) is 2. The predicted octanol–water partition coefficient (Wildman–Crippen LogP) is 4.76. The Labute approximate surface area is 198 Å². The average molecular weight is 475 g/mol. The Balaban J connectivity index is 1.71. The Hall–Kier alpha value is -2.12. The smallest absolute Gasteiger partial charge is 0.168 e. The number of aliphatic imine (C=N–C) groups is 1. The summed E-state index contributed by atoms with van der Waals surface area (Å²) in [7, 11) is 1.96. The third-order valence-corrected chi connectivity index (χ3v) is 6.33. The Morgan fingerprint density at radius 2 is 1.87 bits per heavy atom. The number of hydrogen-bond donors (Lipinski definition) is 2. The molecule has 162 valence electrons. The van der Waals surface area contributed by atoms with Crippen LogP contribution >= 0.6 is 35.4 Å². The van der Waals surface area contributed by atoms with Crippen LogP contribution in [-0.2, 0) is 4.74 Å². The molecule has 2 aliphatic heterocycles. The molecular formula is C23H24Cl2N4OS. The highest BCUT2D eigenvalue weighted by atomic mass is 35.5. The van der Waals surface area contributed by atoms with Gasteiger partial charge in [0.15, 0.2) is 11.3 Å². The van der Waals surface area contributed by atoms with Crippen LogP contribution in [-0.4, -0.2) is 43.3 Å². The quantitative estimate of drug-likeness (QED) is 0.627. The number of thiocarbonyl (C=S) groups is 1. The number of benzodiazepines with no additional fused rings is 1. The molecule has 1 saturated heterocycles. The molecule has 2 aliphatic rings. The fourth-order valence-electron chi connectivity index (χ4n) is 3.78. The second kappa shape index (κ2) is 9.57. The van der Waals surface area contributed by atoms with Crippen LogP contribution in [0.3, 0.4) is 0 Å². The third-order valence-electron chi connectivity index (χ3n) is 5.53. The van der Waals surface area contributed by atoms with E-state index >= 15 is 0 Å². The highest BCUT2D eigenvalue weighted by Crippen LogP contribution is 2.34. The van der Waals surface area contributed by atoms with Gasteiger partial charge in [0.1, 0.15) is 0 Å². The van der Waals surface area contributed by atoms with Crippen molar-refractivity contribution >= 4 is 51.9 Å². The largest absolute Gasteiger partial charge is 0.381 e. The van der Waals surface area contributed by atoms with Gasteiger partial charge in [-0.1, -0.05) is 48.0 Å². The van der Waals surface area contributed by atoms with Crippen molar-refractivity contribution in [1.82, 2.24) is 10.6 Å². The molecule has 2 aromatic carbocycles. The first-order chi connectivity index (χ1) is 14.9. The molecular weight excluding hydrogens is 451 g/mol. The van der Waals surface area contributed by atoms with Crippen LogP contribution in [0.1, 0.15) is 24.0 Å². The summed E-state index contributed by atoms with van der Waals surface area (Å²) in [5.74, 6) is 0. The second-order valence-electron chi connectivity index (χ2n) is 7.58. The highest BCUT2D eigenvalue weighted by Gasteiger charge is 2.28. The molecule has 2 aromatic rings. The Bertz CT molecular complexity index is 1040. The number of halogens is 2. The van der Waals surface area contributed by atoms with Gasteiger partial charge in [0.2, 0.25) is 0 Å². The molecule has 2 heterocycles. The monoisotopic (exact) mass is 474 g/mol. The van der Waals surface area contributed by atoms with E-state index in [1.807, 2.05) is 54.4 Å². The summed E-state index contributed by atoms with van der Waals surface area (Å²) >= 11 is 18.5. The maximum Gasteiger partial charge on any atom is 0.168 e. The molecule has 0 radical (unpaired) electrons. The van der Waals surface area contributed by atoms with Gasteiger partial charge in [0, 0.05) is 47.5 Å². The van der Waals surface area contributed by atoms with Crippen LogP contribution in [0.2, 0.25) is 10.0 Å². The summed E-state index contributed by atoms with van der Waals surface area (Å²) in [5.41, 5.74) is 4.16. The molecule has 1 atom stereocenters. The number of likely N-dealkylation sites (N-methyl/N-ethyl adjacent to an activating group) is 1. The van der Waals surface area contributed by atoms with Crippen LogP contribution in [0.15, 0.2) is 59.7 Å². The van der Waals surface area contributed by atoms with Crippen molar-refractivity contribution in [2.75, 3.05) is 25.2 Å². The molecule has 0 aliphatic carbocycles. The van der Waals surface area contributed by atoms with Crippen LogP contribution in [0.5, 0.6) is 0 Å². The van der Waals surface area contributed by atoms with Crippen molar-refractivity contribution in [2.45, 2.75) is 25.0 Å². The lowest BCUT2D eigenvalue weighted by atomic mass is 10.00. The van der Waals surface area contributed by atoms with Gasteiger partial charge in [-0.2, -0.15) is 0 Å². The van der Waals surface area contributed by atoms with Gasteiger partial charge < -0.3 is 20.3 Å². The fraction of sp³-hybridized carbons (Fsp3) is 0.304. The fourth-order valence-corrected chi connectivity index (χ4v) is 4.45. The van der Waals surface area contributed by atoms with E-state index in [4.69, 9.17) is 45.1 Å². The number of fused-ring (bicyclic) bond motifs is 1. The third kappa shape index (κ3) is 4.88. The summed E-state index contributed by atoms with van der Waals surface area (Å²) < 4.78 is 5.43. The lowest BCUT2D eigenvalue weighted by molar-refractivity contribution is 0.0824. The van der Waals surface area contributed by atoms with Gasteiger partial charge >= 0.3 is 0 Å². The number of anilines is 1. The van der Waals surface area contributed by atoms with Crippen LogP contribution < -0.4 is 15.5 Å². The van der Waals surface area contributed by atoms with E-state index in [9.17, 15) is 0 Å². The number of rotatable bonds is 3. The molecule has 0 spiro atoms. The van der Waals surface area contributed by atoms with Crippen molar-refractivity contribution in [3.8, 4) is 0 Å². The summed E-state index contributed by atoms with van der Waals surface area (Å²) in [6.45, 7) is 5.77. The molecule has 0 amide bonds. The van der Waals surface area contributed by atoms with E-state index in [1.54, 1.807) is 0 Å². The minimum atomic E-state index is -0.470. The molecule has 0 saturated carbocycles. The van der Waals surface area contributed by atoms with E-state index in [2.05, 4.69) is 17.2 Å². The van der Waals surface area contributed by atoms with E-state index in [-0.39, 0.29) is 6.04 Å². The van der Waals surface area contributed by atoms with Crippen molar-refractivity contribution in [3.63, 3.8) is 0 Å². The molecule has 8 heteroatoms. The van der Waals surface area contributed by atoms with E-state index in [0.717, 1.165) is 54.3 Å². The lowest BCUT2D eigenvalue weighted by Crippen LogP contribution is -2.48. The van der Waals surface area contributed by atoms with Gasteiger partial charge in [-0.25, -0.2) is 0 Å². The zero-order chi connectivity index (χ0) is 22.0. The molecule has 0 bridgehead atoms. The van der Waals surface area contributed by atoms with Gasteiger partial charge in [0.05, 0.1) is 17.1 Å². The standard InChI is InChI=1S/C23H24Cl2N4OS/c1-14-22(28-23(31)26-16-9-11-30-12-10-16)27-21(17-5-3-4-6-19(17)25)18-13-15(24)7-8-20(18)29(14)2/h3-8,13,16,22H,1,9-12H2,2H3,(H2,26,28,31). The van der Waals surface area contributed by atoms with Crippen molar-refractivity contribution in [2.24, 2.45) is 4.99 Å². The van der Waals surface area contributed by atoms with Crippen molar-refractivity contribution in [1.29, 1.82) is 0 Å². The maximum absolute atomic E-state index is 6.55. The first kappa shape index (κ1) is 22.1. The Kier molecular flexibility index (Phi) is 6.82. The highest BCUT2D eigenvalue weighted by molar-refractivity contribution is 7.80. The van der Waals surface area contributed by atoms with E-state index in [0.29, 0.717) is 15.2 Å². The van der Waals surface area contributed by atoms with Crippen molar-refractivity contribution < 1.29 is 4.74 Å². The molecule has 31 heavy (non-hydrogen) atoms.